The van der Waals surface area contributed by atoms with Crippen molar-refractivity contribution in [2.75, 3.05) is 0 Å². The molecule has 0 aromatic rings. The van der Waals surface area contributed by atoms with E-state index in [9.17, 15) is 0 Å². The normalized spacial score (nSPS) is 17.0. The summed E-state index contributed by atoms with van der Waals surface area (Å²) >= 11 is 20.7. The molecule has 0 saturated heterocycles. The summed E-state index contributed by atoms with van der Waals surface area (Å²) < 4.78 is 0. The third-order valence-electron chi connectivity index (χ3n) is 0.471. The SMILES string of the molecule is [B][I-]I(I)I(I)I(I)I(I)I(I)I(I)I. The minimum atomic E-state index is -0.500. The average molecular weight is 1790 g/mol. The predicted molar refractivity (Wildman–Crippen MR) is 188 cm³/mol. The number of halogens is 14. The number of rotatable bonds is 6. The van der Waals surface area contributed by atoms with Crippen LogP contribution in [0.3, 0.4) is 0 Å². The van der Waals surface area contributed by atoms with Crippen LogP contribution in [-0.4, -0.2) is 5.70 Å². The summed E-state index contributed by atoms with van der Waals surface area (Å²) in [5, 5.41) is 0. The molecule has 0 saturated carbocycles. The van der Waals surface area contributed by atoms with Gasteiger partial charge in [0, 0.05) is 0 Å². The molecule has 15 heavy (non-hydrogen) atoms. The first-order valence-corrected chi connectivity index (χ1v) is 85.0. The molecule has 0 N–H and O–H groups in total. The van der Waals surface area contributed by atoms with Crippen LogP contribution in [-0.2, 0) is 0 Å². The fourth-order valence-electron chi connectivity index (χ4n) is 0.147. The Bertz CT molecular complexity index is 165. The van der Waals surface area contributed by atoms with Crippen LogP contribution in [0.4, 0.5) is 0 Å². The van der Waals surface area contributed by atoms with E-state index >= 15 is 0 Å². The number of hydrogen-bond donors (Lipinski definition) is 0. The van der Waals surface area contributed by atoms with E-state index in [4.69, 9.17) is 5.70 Å². The topological polar surface area (TPSA) is 0 Å². The molecule has 15 heteroatoms. The molecule has 0 atom stereocenters. The first kappa shape index (κ1) is 25.3. The van der Waals surface area contributed by atoms with Gasteiger partial charge in [0.15, 0.2) is 0 Å². The Morgan fingerprint density at radius 3 is 1.40 bits per heavy atom. The van der Waals surface area contributed by atoms with E-state index in [0.717, 1.165) is 0 Å². The van der Waals surface area contributed by atoms with Crippen LogP contribution >= 0.6 is 178 Å². The van der Waals surface area contributed by atoms with Crippen LogP contribution in [0.1, 0.15) is 0 Å². The Labute approximate surface area is 190 Å². The molecule has 0 aromatic carbocycles. The van der Waals surface area contributed by atoms with Crippen LogP contribution in [0.25, 0.3) is 0 Å². The van der Waals surface area contributed by atoms with Crippen molar-refractivity contribution in [2.24, 2.45) is 0 Å². The van der Waals surface area contributed by atoms with Gasteiger partial charge >= 0.3 is 200 Å². The molecule has 0 bridgehead atoms. The third-order valence-corrected chi connectivity index (χ3v) is 845. The molecule has 0 nitrogen and oxygen atoms in total. The molecule has 102 valence electrons. The summed E-state index contributed by atoms with van der Waals surface area (Å²) in [5.74, 6) is 0. The third kappa shape index (κ3) is 11.6. The van der Waals surface area contributed by atoms with Crippen LogP contribution in [0.15, 0.2) is 0 Å². The van der Waals surface area contributed by atoms with Gasteiger partial charge in [-0.2, -0.15) is 0 Å². The Morgan fingerprint density at radius 1 is 0.667 bits per heavy atom. The second-order valence-electron chi connectivity index (χ2n) is 1.05. The van der Waals surface area contributed by atoms with Crippen molar-refractivity contribution in [3.05, 3.63) is 0 Å². The summed E-state index contributed by atoms with van der Waals surface area (Å²) in [6, 6.07) is 0. The molecule has 0 aliphatic heterocycles. The molecule has 0 aromatic heterocycles. The molecule has 0 amide bonds. The summed E-state index contributed by atoms with van der Waals surface area (Å²) in [6.45, 7) is 0. The van der Waals surface area contributed by atoms with Crippen molar-refractivity contribution in [2.45, 2.75) is 0 Å². The van der Waals surface area contributed by atoms with Crippen molar-refractivity contribution in [3.63, 3.8) is 0 Å². The molecule has 0 rings (SSSR count). The van der Waals surface area contributed by atoms with Gasteiger partial charge in [0.1, 0.15) is 0 Å². The zero-order chi connectivity index (χ0) is 12.2. The van der Waals surface area contributed by atoms with E-state index in [2.05, 4.69) is 130 Å². The Hall–Kier alpha value is 10.3. The quantitative estimate of drug-likeness (QED) is 0.186. The maximum atomic E-state index is 6.01. The summed E-state index contributed by atoms with van der Waals surface area (Å²) in [6.07, 6.45) is 0. The maximum absolute atomic E-state index is 6.01. The first-order valence-electron chi connectivity index (χ1n) is 2.08. The second-order valence-corrected chi connectivity index (χ2v) is 297. The van der Waals surface area contributed by atoms with Gasteiger partial charge in [-0.3, -0.25) is 0 Å². The van der Waals surface area contributed by atoms with Gasteiger partial charge in [-0.25, -0.2) is 0 Å². The van der Waals surface area contributed by atoms with Crippen LogP contribution < -0.4 is 17.0 Å². The van der Waals surface area contributed by atoms with Crippen molar-refractivity contribution in [1.29, 1.82) is 0 Å². The Kier molecular flexibility index (Phi) is 25.9. The first-order chi connectivity index (χ1) is 6.82. The standard InChI is InChI=1S/BI14/c1-9-11(4)13(6)15(8)14(7)12(5)10(2)3/q-1. The van der Waals surface area contributed by atoms with Gasteiger partial charge in [-0.1, -0.05) is 0 Å². The fraction of sp³-hybridized carbons (Fsp3) is 0. The molecule has 0 fully saturated rings. The zero-order valence-electron chi connectivity index (χ0n) is 5.87. The second kappa shape index (κ2) is 15.4. The molecular weight excluding hydrogens is 1790 g/mol. The molecule has 0 heterocycles. The number of hydrogen-bond acceptors (Lipinski definition) is 0. The average Bonchev–Trinajstić information content (AvgIpc) is 2.23. The van der Waals surface area contributed by atoms with Gasteiger partial charge in [0.05, 0.1) is 0 Å². The molecule has 2 radical (unpaired) electrons. The monoisotopic (exact) mass is 1790 g/mol. The minimum absolute atomic E-state index is 0.195. The van der Waals surface area contributed by atoms with Crippen molar-refractivity contribution in [1.82, 2.24) is 0 Å². The van der Waals surface area contributed by atoms with Gasteiger partial charge < -0.3 is 0 Å². The summed E-state index contributed by atoms with van der Waals surface area (Å²) in [4.78, 5) is 0. The van der Waals surface area contributed by atoms with E-state index in [1.165, 1.54) is 0 Å². The van der Waals surface area contributed by atoms with Gasteiger partial charge in [0.2, 0.25) is 0 Å². The van der Waals surface area contributed by atoms with Crippen LogP contribution in [0.5, 0.6) is 0 Å². The molecule has 0 unspecified atom stereocenters. The van der Waals surface area contributed by atoms with Crippen molar-refractivity contribution < 1.29 is 17.0 Å². The van der Waals surface area contributed by atoms with Crippen molar-refractivity contribution in [3.8, 4) is 0 Å². The fourth-order valence-corrected chi connectivity index (χ4v) is 1720. The zero-order valence-corrected chi connectivity index (χ0v) is 36.1. The van der Waals surface area contributed by atoms with Crippen LogP contribution in [0, 0.1) is 0 Å². The van der Waals surface area contributed by atoms with E-state index < -0.39 is 31.6 Å². The van der Waals surface area contributed by atoms with E-state index in [1.807, 2.05) is 0 Å². The molecule has 0 aliphatic rings. The van der Waals surface area contributed by atoms with E-state index in [-0.39, 0.29) is 32.8 Å². The Morgan fingerprint density at radius 2 is 1.07 bits per heavy atom. The summed E-state index contributed by atoms with van der Waals surface area (Å²) in [7, 11) is -2.53. The predicted octanol–water partition coefficient (Wildman–Crippen LogP) is 8.14. The molecule has 0 spiro atoms. The van der Waals surface area contributed by atoms with Gasteiger partial charge in [0.25, 0.3) is 0 Å². The Balaban J connectivity index is 4.36. The van der Waals surface area contributed by atoms with Crippen LogP contribution in [0.2, 0.25) is 0 Å². The van der Waals surface area contributed by atoms with E-state index in [1.54, 1.807) is 0 Å². The molecule has 0 aliphatic carbocycles. The van der Waals surface area contributed by atoms with E-state index in [0.29, 0.717) is 0 Å². The summed E-state index contributed by atoms with van der Waals surface area (Å²) in [5.41, 5.74) is 6.01. The molecular formula is BI14-. The van der Waals surface area contributed by atoms with Gasteiger partial charge in [-0.05, 0) is 0 Å². The van der Waals surface area contributed by atoms with Gasteiger partial charge in [-0.15, -0.1) is 0 Å². The van der Waals surface area contributed by atoms with Crippen molar-refractivity contribution >= 4 is 183 Å².